The summed E-state index contributed by atoms with van der Waals surface area (Å²) in [5.74, 6) is -1.20. The molecule has 170 valence electrons. The number of amides is 3. The monoisotopic (exact) mass is 449 g/mol. The molecule has 3 aromatic heterocycles. The predicted molar refractivity (Wildman–Crippen MR) is 120 cm³/mol. The smallest absolute Gasteiger partial charge is 0.272 e. The van der Waals surface area contributed by atoms with E-state index < -0.39 is 11.8 Å². The van der Waals surface area contributed by atoms with Crippen LogP contribution in [-0.4, -0.2) is 44.3 Å². The molecule has 3 rings (SSSR count). The molecule has 0 unspecified atom stereocenters. The summed E-state index contributed by atoms with van der Waals surface area (Å²) in [6.07, 6.45) is 5.60. The van der Waals surface area contributed by atoms with E-state index in [0.29, 0.717) is 34.6 Å². The number of hydrogen-bond donors (Lipinski definition) is 3. The van der Waals surface area contributed by atoms with Gasteiger partial charge in [0.1, 0.15) is 17.1 Å². The highest BCUT2D eigenvalue weighted by atomic mass is 16.2. The van der Waals surface area contributed by atoms with Crippen LogP contribution in [0.5, 0.6) is 0 Å². The third kappa shape index (κ3) is 5.19. The number of nitrogens with one attached hydrogen (secondary N) is 3. The summed E-state index contributed by atoms with van der Waals surface area (Å²) < 4.78 is 4.67. The molecule has 0 saturated carbocycles. The fraction of sp³-hybridized carbons (Fsp3) is 0.227. The minimum atomic E-state index is -0.429. The number of aromatic nitrogens is 3. The van der Waals surface area contributed by atoms with Crippen molar-refractivity contribution in [3.8, 4) is 6.07 Å². The van der Waals surface area contributed by atoms with Crippen LogP contribution in [0, 0.1) is 11.3 Å². The van der Waals surface area contributed by atoms with E-state index in [1.165, 1.54) is 18.2 Å². The van der Waals surface area contributed by atoms with Crippen LogP contribution in [0.1, 0.15) is 48.2 Å². The third-order valence-corrected chi connectivity index (χ3v) is 4.91. The number of hydrogen-bond acceptors (Lipinski definition) is 5. The molecule has 11 nitrogen and oxygen atoms in total. The summed E-state index contributed by atoms with van der Waals surface area (Å²) in [6, 6.07) is 6.48. The number of nitriles is 1. The molecule has 11 heteroatoms. The van der Waals surface area contributed by atoms with Gasteiger partial charge in [-0.05, 0) is 18.2 Å². The maximum absolute atomic E-state index is 12.8. The zero-order valence-corrected chi connectivity index (χ0v) is 18.4. The summed E-state index contributed by atoms with van der Waals surface area (Å²) in [4.78, 5) is 48.4. The lowest BCUT2D eigenvalue weighted by atomic mass is 10.3. The maximum Gasteiger partial charge on any atom is 0.272 e. The SMILES string of the molecule is Cn1cc(NC(=O)c2cc(NC(=O)c3cc(C=O)cn3C)cn2C)cc1C(=O)NCCC#N. The topological polar surface area (TPSA) is 143 Å². The van der Waals surface area contributed by atoms with Crippen molar-refractivity contribution in [3.63, 3.8) is 0 Å². The van der Waals surface area contributed by atoms with Gasteiger partial charge in [0.15, 0.2) is 6.29 Å². The summed E-state index contributed by atoms with van der Waals surface area (Å²) in [5.41, 5.74) is 2.14. The number of aldehydes is 1. The van der Waals surface area contributed by atoms with Gasteiger partial charge in [-0.1, -0.05) is 0 Å². The number of carbonyl (C=O) groups excluding carboxylic acids is 4. The first-order valence-corrected chi connectivity index (χ1v) is 9.95. The molecule has 0 bridgehead atoms. The molecule has 3 aromatic rings. The zero-order valence-electron chi connectivity index (χ0n) is 18.4. The first kappa shape index (κ1) is 23.1. The summed E-state index contributed by atoms with van der Waals surface area (Å²) >= 11 is 0. The van der Waals surface area contributed by atoms with Crippen LogP contribution in [0.3, 0.4) is 0 Å². The second-order valence-electron chi connectivity index (χ2n) is 7.41. The molecular formula is C22H23N7O4. The fourth-order valence-corrected chi connectivity index (χ4v) is 3.31. The van der Waals surface area contributed by atoms with Crippen LogP contribution in [0.2, 0.25) is 0 Å². The van der Waals surface area contributed by atoms with Crippen LogP contribution in [0.4, 0.5) is 11.4 Å². The molecular weight excluding hydrogens is 426 g/mol. The van der Waals surface area contributed by atoms with Crippen molar-refractivity contribution >= 4 is 35.4 Å². The van der Waals surface area contributed by atoms with E-state index in [0.717, 1.165) is 0 Å². The van der Waals surface area contributed by atoms with Gasteiger partial charge >= 0.3 is 0 Å². The first-order valence-electron chi connectivity index (χ1n) is 9.95. The lowest BCUT2D eigenvalue weighted by molar-refractivity contribution is 0.0944. The highest BCUT2D eigenvalue weighted by Crippen LogP contribution is 2.18. The van der Waals surface area contributed by atoms with Gasteiger partial charge in [0.25, 0.3) is 17.7 Å². The quantitative estimate of drug-likeness (QED) is 0.354. The summed E-state index contributed by atoms with van der Waals surface area (Å²) in [5, 5.41) is 16.7. The van der Waals surface area contributed by atoms with Crippen LogP contribution >= 0.6 is 0 Å². The van der Waals surface area contributed by atoms with E-state index in [1.807, 2.05) is 6.07 Å². The second kappa shape index (κ2) is 9.69. The Hall–Kier alpha value is -4.59. The Morgan fingerprint density at radius 3 is 1.82 bits per heavy atom. The van der Waals surface area contributed by atoms with Crippen LogP contribution < -0.4 is 16.0 Å². The molecule has 0 aromatic carbocycles. The van der Waals surface area contributed by atoms with Crippen LogP contribution in [0.15, 0.2) is 36.8 Å². The molecule has 0 radical (unpaired) electrons. The molecule has 3 heterocycles. The van der Waals surface area contributed by atoms with Crippen LogP contribution in [0.25, 0.3) is 0 Å². The van der Waals surface area contributed by atoms with Gasteiger partial charge in [0.05, 0.1) is 23.9 Å². The lowest BCUT2D eigenvalue weighted by Gasteiger charge is -2.03. The molecule has 0 aliphatic rings. The Bertz CT molecular complexity index is 1270. The van der Waals surface area contributed by atoms with Crippen molar-refractivity contribution in [2.45, 2.75) is 6.42 Å². The van der Waals surface area contributed by atoms with Crippen molar-refractivity contribution in [1.29, 1.82) is 5.26 Å². The van der Waals surface area contributed by atoms with E-state index in [1.54, 1.807) is 53.4 Å². The van der Waals surface area contributed by atoms with E-state index in [2.05, 4.69) is 16.0 Å². The van der Waals surface area contributed by atoms with Gasteiger partial charge in [-0.25, -0.2) is 0 Å². The second-order valence-corrected chi connectivity index (χ2v) is 7.41. The Morgan fingerprint density at radius 2 is 1.33 bits per heavy atom. The number of nitrogens with zero attached hydrogens (tertiary/aromatic N) is 4. The molecule has 0 aliphatic carbocycles. The molecule has 3 amide bonds. The first-order chi connectivity index (χ1) is 15.7. The van der Waals surface area contributed by atoms with Crippen molar-refractivity contribution in [3.05, 3.63) is 59.4 Å². The highest BCUT2D eigenvalue weighted by Gasteiger charge is 2.18. The zero-order chi connectivity index (χ0) is 24.1. The van der Waals surface area contributed by atoms with Crippen molar-refractivity contribution in [1.82, 2.24) is 19.0 Å². The van der Waals surface area contributed by atoms with E-state index >= 15 is 0 Å². The standard InChI is InChI=1S/C22H23N7O4/c1-27-10-14(13-30)7-17(27)21(32)25-16-9-19(29(3)12-16)22(33)26-15-8-18(28(2)11-15)20(31)24-6-4-5-23/h7-13H,4,6H2,1-3H3,(H,24,31)(H,25,32)(H,26,33). The van der Waals surface area contributed by atoms with Crippen molar-refractivity contribution < 1.29 is 19.2 Å². The number of aryl methyl sites for hydroxylation is 3. The molecule has 0 saturated heterocycles. The number of anilines is 2. The summed E-state index contributed by atoms with van der Waals surface area (Å²) in [7, 11) is 4.99. The molecule has 33 heavy (non-hydrogen) atoms. The maximum atomic E-state index is 12.8. The fourth-order valence-electron chi connectivity index (χ4n) is 3.31. The molecule has 0 spiro atoms. The molecule has 0 fully saturated rings. The van der Waals surface area contributed by atoms with Gasteiger partial charge in [-0.2, -0.15) is 5.26 Å². The Balaban J connectivity index is 1.69. The normalized spacial score (nSPS) is 10.4. The third-order valence-electron chi connectivity index (χ3n) is 4.91. The molecule has 0 aliphatic heterocycles. The van der Waals surface area contributed by atoms with Gasteiger partial charge in [0.2, 0.25) is 0 Å². The minimum absolute atomic E-state index is 0.203. The minimum Gasteiger partial charge on any atom is -0.350 e. The molecule has 3 N–H and O–H groups in total. The van der Waals surface area contributed by atoms with Gasteiger partial charge < -0.3 is 29.7 Å². The number of rotatable bonds is 8. The van der Waals surface area contributed by atoms with E-state index in [4.69, 9.17) is 5.26 Å². The van der Waals surface area contributed by atoms with Gasteiger partial charge in [-0.15, -0.1) is 0 Å². The number of carbonyl (C=O) groups is 4. The summed E-state index contributed by atoms with van der Waals surface area (Å²) in [6.45, 7) is 0.235. The van der Waals surface area contributed by atoms with E-state index in [9.17, 15) is 19.2 Å². The Morgan fingerprint density at radius 1 is 0.848 bits per heavy atom. The average molecular weight is 449 g/mol. The average Bonchev–Trinajstić information content (AvgIpc) is 3.44. The van der Waals surface area contributed by atoms with Gasteiger partial charge in [-0.3, -0.25) is 19.2 Å². The van der Waals surface area contributed by atoms with E-state index in [-0.39, 0.29) is 24.6 Å². The highest BCUT2D eigenvalue weighted by molar-refractivity contribution is 6.07. The van der Waals surface area contributed by atoms with Gasteiger partial charge in [0, 0.05) is 51.8 Å². The lowest BCUT2D eigenvalue weighted by Crippen LogP contribution is -2.25. The Kier molecular flexibility index (Phi) is 6.78. The van der Waals surface area contributed by atoms with Crippen molar-refractivity contribution in [2.24, 2.45) is 21.1 Å². The van der Waals surface area contributed by atoms with Crippen LogP contribution in [-0.2, 0) is 21.1 Å². The Labute approximate surface area is 189 Å². The largest absolute Gasteiger partial charge is 0.350 e. The van der Waals surface area contributed by atoms with Crippen molar-refractivity contribution in [2.75, 3.05) is 17.2 Å². The predicted octanol–water partition coefficient (Wildman–Crippen LogP) is 1.66. The molecule has 0 atom stereocenters.